The average Bonchev–Trinajstić information content (AvgIpc) is 2.47. The number of hydrogen-bond acceptors (Lipinski definition) is 5. The summed E-state index contributed by atoms with van der Waals surface area (Å²) in [4.78, 5) is 4.39. The van der Waals surface area contributed by atoms with Crippen LogP contribution in [-0.2, 0) is 0 Å². The van der Waals surface area contributed by atoms with E-state index in [1.807, 2.05) is 43.3 Å². The third-order valence-electron chi connectivity index (χ3n) is 3.00. The number of aromatic nitrogens is 3. The molecule has 3 N–H and O–H groups in total. The van der Waals surface area contributed by atoms with Crippen molar-refractivity contribution < 1.29 is 0 Å². The number of aryl methyl sites for hydroxylation is 1. The molecule has 94 valence electrons. The zero-order valence-corrected chi connectivity index (χ0v) is 10.5. The van der Waals surface area contributed by atoms with Crippen molar-refractivity contribution in [2.45, 2.75) is 6.92 Å². The van der Waals surface area contributed by atoms with Crippen LogP contribution < -0.4 is 11.3 Å². The van der Waals surface area contributed by atoms with Crippen LogP contribution in [0.2, 0.25) is 0 Å². The number of hydrogen-bond donors (Lipinski definition) is 2. The standard InChI is InChI=1S/C14H13N5/c1-9-4-6-10(7-5-9)12-13-11(3-2-8-16-13)14(17-15)19-18-12/h2-8H,15H2,1H3,(H,17,19). The fourth-order valence-electron chi connectivity index (χ4n) is 2.00. The first-order valence-corrected chi connectivity index (χ1v) is 5.94. The Hall–Kier alpha value is -2.53. The number of rotatable bonds is 2. The minimum atomic E-state index is 0.527. The fourth-order valence-corrected chi connectivity index (χ4v) is 2.00. The van der Waals surface area contributed by atoms with E-state index in [0.717, 1.165) is 22.2 Å². The number of anilines is 1. The number of nitrogens with one attached hydrogen (secondary N) is 1. The number of pyridine rings is 1. The maximum absolute atomic E-state index is 5.44. The molecule has 0 bridgehead atoms. The van der Waals surface area contributed by atoms with E-state index >= 15 is 0 Å². The van der Waals surface area contributed by atoms with Gasteiger partial charge in [-0.1, -0.05) is 29.8 Å². The maximum atomic E-state index is 5.44. The summed E-state index contributed by atoms with van der Waals surface area (Å²) in [5, 5.41) is 9.18. The molecule has 2 heterocycles. The van der Waals surface area contributed by atoms with Gasteiger partial charge >= 0.3 is 0 Å². The van der Waals surface area contributed by atoms with Crippen molar-refractivity contribution in [3.63, 3.8) is 0 Å². The Bertz CT molecular complexity index is 721. The second-order valence-electron chi connectivity index (χ2n) is 4.31. The van der Waals surface area contributed by atoms with Crippen LogP contribution >= 0.6 is 0 Å². The van der Waals surface area contributed by atoms with Gasteiger partial charge in [-0.2, -0.15) is 0 Å². The van der Waals surface area contributed by atoms with Gasteiger partial charge in [-0.15, -0.1) is 10.2 Å². The number of nitrogen functional groups attached to an aromatic ring is 1. The van der Waals surface area contributed by atoms with Crippen molar-refractivity contribution in [3.05, 3.63) is 48.2 Å². The molecule has 0 amide bonds. The van der Waals surface area contributed by atoms with Crippen LogP contribution in [0.5, 0.6) is 0 Å². The Morgan fingerprint density at radius 1 is 1.05 bits per heavy atom. The van der Waals surface area contributed by atoms with Crippen LogP contribution in [0.1, 0.15) is 5.56 Å². The molecule has 0 saturated heterocycles. The van der Waals surface area contributed by atoms with E-state index in [9.17, 15) is 0 Å². The van der Waals surface area contributed by atoms with Crippen LogP contribution in [0.3, 0.4) is 0 Å². The molecule has 1 aromatic carbocycles. The van der Waals surface area contributed by atoms with Gasteiger partial charge in [-0.3, -0.25) is 4.98 Å². The number of nitrogens with two attached hydrogens (primary N) is 1. The molecule has 0 aliphatic rings. The van der Waals surface area contributed by atoms with E-state index in [0.29, 0.717) is 5.82 Å². The minimum absolute atomic E-state index is 0.527. The van der Waals surface area contributed by atoms with Gasteiger partial charge in [-0.25, -0.2) is 5.84 Å². The highest BCUT2D eigenvalue weighted by Crippen LogP contribution is 2.27. The molecule has 0 unspecified atom stereocenters. The van der Waals surface area contributed by atoms with Gasteiger partial charge in [0.05, 0.1) is 0 Å². The fraction of sp³-hybridized carbons (Fsp3) is 0.0714. The Morgan fingerprint density at radius 3 is 2.58 bits per heavy atom. The lowest BCUT2D eigenvalue weighted by Crippen LogP contribution is -2.10. The van der Waals surface area contributed by atoms with Crippen LogP contribution in [0.15, 0.2) is 42.6 Å². The molecule has 0 spiro atoms. The molecule has 19 heavy (non-hydrogen) atoms. The Morgan fingerprint density at radius 2 is 1.84 bits per heavy atom. The van der Waals surface area contributed by atoms with Crippen molar-refractivity contribution in [2.75, 3.05) is 5.43 Å². The van der Waals surface area contributed by atoms with Gasteiger partial charge in [0.25, 0.3) is 0 Å². The van der Waals surface area contributed by atoms with Gasteiger partial charge in [0.15, 0.2) is 5.82 Å². The van der Waals surface area contributed by atoms with Crippen molar-refractivity contribution in [1.82, 2.24) is 15.2 Å². The largest absolute Gasteiger partial charge is 0.306 e. The zero-order valence-electron chi connectivity index (χ0n) is 10.5. The molecule has 0 radical (unpaired) electrons. The highest BCUT2D eigenvalue weighted by atomic mass is 15.3. The summed E-state index contributed by atoms with van der Waals surface area (Å²) >= 11 is 0. The highest BCUT2D eigenvalue weighted by Gasteiger charge is 2.10. The summed E-state index contributed by atoms with van der Waals surface area (Å²) < 4.78 is 0. The summed E-state index contributed by atoms with van der Waals surface area (Å²) in [7, 11) is 0. The third kappa shape index (κ3) is 2.00. The number of nitrogens with zero attached hydrogens (tertiary/aromatic N) is 3. The molecule has 0 atom stereocenters. The zero-order chi connectivity index (χ0) is 13.2. The van der Waals surface area contributed by atoms with E-state index in [1.54, 1.807) is 6.20 Å². The van der Waals surface area contributed by atoms with Crippen LogP contribution in [0.25, 0.3) is 22.2 Å². The van der Waals surface area contributed by atoms with Crippen molar-refractivity contribution in [3.8, 4) is 11.3 Å². The topological polar surface area (TPSA) is 76.7 Å². The minimum Gasteiger partial charge on any atom is -0.306 e. The molecule has 0 aliphatic heterocycles. The second-order valence-corrected chi connectivity index (χ2v) is 4.31. The first-order chi connectivity index (χ1) is 9.29. The van der Waals surface area contributed by atoms with Gasteiger partial charge in [0, 0.05) is 17.1 Å². The first kappa shape index (κ1) is 11.6. The molecule has 3 aromatic rings. The molecular weight excluding hydrogens is 238 g/mol. The molecular formula is C14H13N5. The summed E-state index contributed by atoms with van der Waals surface area (Å²) in [6.07, 6.45) is 1.74. The van der Waals surface area contributed by atoms with E-state index < -0.39 is 0 Å². The Labute approximate surface area is 110 Å². The monoisotopic (exact) mass is 251 g/mol. The van der Waals surface area contributed by atoms with E-state index in [1.165, 1.54) is 5.56 Å². The van der Waals surface area contributed by atoms with E-state index in [2.05, 4.69) is 20.6 Å². The SMILES string of the molecule is Cc1ccc(-c2nnc(NN)c3cccnc23)cc1. The molecule has 5 heteroatoms. The first-order valence-electron chi connectivity index (χ1n) is 5.94. The van der Waals surface area contributed by atoms with Crippen molar-refractivity contribution in [2.24, 2.45) is 5.84 Å². The molecule has 0 saturated carbocycles. The summed E-state index contributed by atoms with van der Waals surface area (Å²) in [5.41, 5.74) is 6.28. The van der Waals surface area contributed by atoms with Crippen molar-refractivity contribution in [1.29, 1.82) is 0 Å². The predicted octanol–water partition coefficient (Wildman–Crippen LogP) is 2.29. The van der Waals surface area contributed by atoms with Gasteiger partial charge < -0.3 is 5.43 Å². The molecule has 0 aliphatic carbocycles. The van der Waals surface area contributed by atoms with Gasteiger partial charge in [-0.05, 0) is 19.1 Å². The summed E-state index contributed by atoms with van der Waals surface area (Å²) in [5.74, 6) is 5.97. The van der Waals surface area contributed by atoms with Crippen LogP contribution in [-0.4, -0.2) is 15.2 Å². The maximum Gasteiger partial charge on any atom is 0.172 e. The average molecular weight is 251 g/mol. The molecule has 2 aromatic heterocycles. The van der Waals surface area contributed by atoms with Crippen LogP contribution in [0, 0.1) is 6.92 Å². The number of hydrazine groups is 1. The molecule has 3 rings (SSSR count). The van der Waals surface area contributed by atoms with Crippen molar-refractivity contribution >= 4 is 16.7 Å². The number of benzene rings is 1. The summed E-state index contributed by atoms with van der Waals surface area (Å²) in [6, 6.07) is 11.9. The lowest BCUT2D eigenvalue weighted by molar-refractivity contribution is 1.04. The second kappa shape index (κ2) is 4.62. The molecule has 0 fully saturated rings. The normalized spacial score (nSPS) is 10.6. The van der Waals surface area contributed by atoms with E-state index in [-0.39, 0.29) is 0 Å². The quantitative estimate of drug-likeness (QED) is 0.539. The number of fused-ring (bicyclic) bond motifs is 1. The third-order valence-corrected chi connectivity index (χ3v) is 3.00. The predicted molar refractivity (Wildman–Crippen MR) is 75.3 cm³/mol. The van der Waals surface area contributed by atoms with Gasteiger partial charge in [0.2, 0.25) is 0 Å². The molecule has 5 nitrogen and oxygen atoms in total. The lowest BCUT2D eigenvalue weighted by Gasteiger charge is -2.07. The van der Waals surface area contributed by atoms with E-state index in [4.69, 9.17) is 5.84 Å². The smallest absolute Gasteiger partial charge is 0.172 e. The lowest BCUT2D eigenvalue weighted by atomic mass is 10.1. The Kier molecular flexibility index (Phi) is 2.81. The summed E-state index contributed by atoms with van der Waals surface area (Å²) in [6.45, 7) is 2.05. The highest BCUT2D eigenvalue weighted by molar-refractivity contribution is 5.96. The van der Waals surface area contributed by atoms with Crippen LogP contribution in [0.4, 0.5) is 5.82 Å². The van der Waals surface area contributed by atoms with Gasteiger partial charge in [0.1, 0.15) is 11.2 Å². The Balaban J connectivity index is 2.27.